The highest BCUT2D eigenvalue weighted by molar-refractivity contribution is 5.73. The third-order valence-corrected chi connectivity index (χ3v) is 3.17. The summed E-state index contributed by atoms with van der Waals surface area (Å²) in [5.74, 6) is 0.745. The van der Waals surface area contributed by atoms with Crippen LogP contribution in [-0.4, -0.2) is 35.1 Å². The van der Waals surface area contributed by atoms with E-state index in [1.54, 1.807) is 0 Å². The van der Waals surface area contributed by atoms with E-state index in [4.69, 9.17) is 0 Å². The molecule has 3 atom stereocenters. The molecule has 1 N–H and O–H groups in total. The number of hydrogen-bond donors (Lipinski definition) is 1. The summed E-state index contributed by atoms with van der Waals surface area (Å²) in [4.78, 5) is 13.4. The van der Waals surface area contributed by atoms with Crippen LogP contribution in [0.1, 0.15) is 34.1 Å². The highest BCUT2D eigenvalue weighted by Gasteiger charge is 2.33. The summed E-state index contributed by atoms with van der Waals surface area (Å²) in [6, 6.07) is -0.310. The van der Waals surface area contributed by atoms with Crippen molar-refractivity contribution in [2.45, 2.75) is 40.2 Å². The van der Waals surface area contributed by atoms with E-state index in [1.165, 1.54) is 6.42 Å². The molecule has 0 aliphatic carbocycles. The van der Waals surface area contributed by atoms with Gasteiger partial charge in [0.15, 0.2) is 0 Å². The van der Waals surface area contributed by atoms with Crippen molar-refractivity contribution in [2.24, 2.45) is 17.8 Å². The number of piperidine rings is 1. The minimum atomic E-state index is -0.675. The molecule has 1 fully saturated rings. The Morgan fingerprint density at radius 3 is 2.07 bits per heavy atom. The summed E-state index contributed by atoms with van der Waals surface area (Å²) < 4.78 is 0. The van der Waals surface area contributed by atoms with Crippen LogP contribution in [0.15, 0.2) is 0 Å². The molecule has 0 bridgehead atoms. The van der Waals surface area contributed by atoms with Crippen LogP contribution in [0, 0.1) is 17.8 Å². The van der Waals surface area contributed by atoms with E-state index in [2.05, 4.69) is 18.7 Å². The Morgan fingerprint density at radius 1 is 1.27 bits per heavy atom. The van der Waals surface area contributed by atoms with Gasteiger partial charge in [-0.15, -0.1) is 0 Å². The number of rotatable bonds is 3. The second-order valence-corrected chi connectivity index (χ2v) is 5.43. The SMILES string of the molecule is CC(C)[C@H](C(=O)O)N1C[C@H](C)C[C@@H](C)C1. The third kappa shape index (κ3) is 3.20. The van der Waals surface area contributed by atoms with E-state index >= 15 is 0 Å². The molecule has 15 heavy (non-hydrogen) atoms. The molecular formula is C12H23NO2. The Labute approximate surface area is 92.5 Å². The summed E-state index contributed by atoms with van der Waals surface area (Å²) in [7, 11) is 0. The molecule has 1 saturated heterocycles. The van der Waals surface area contributed by atoms with Crippen LogP contribution in [0.25, 0.3) is 0 Å². The quantitative estimate of drug-likeness (QED) is 0.780. The molecule has 1 rings (SSSR count). The maximum absolute atomic E-state index is 11.2. The zero-order chi connectivity index (χ0) is 11.6. The van der Waals surface area contributed by atoms with Gasteiger partial charge in [0.05, 0.1) is 0 Å². The molecule has 0 aromatic rings. The van der Waals surface area contributed by atoms with Gasteiger partial charge < -0.3 is 5.11 Å². The Balaban J connectivity index is 2.70. The molecule has 0 aromatic heterocycles. The first-order chi connectivity index (χ1) is 6.91. The third-order valence-electron chi connectivity index (χ3n) is 3.17. The van der Waals surface area contributed by atoms with Gasteiger partial charge in [-0.2, -0.15) is 0 Å². The lowest BCUT2D eigenvalue weighted by Crippen LogP contribution is -2.50. The van der Waals surface area contributed by atoms with Crippen molar-refractivity contribution in [1.82, 2.24) is 4.90 Å². The molecular weight excluding hydrogens is 190 g/mol. The van der Waals surface area contributed by atoms with Gasteiger partial charge in [-0.05, 0) is 24.2 Å². The van der Waals surface area contributed by atoms with Crippen LogP contribution in [0.4, 0.5) is 0 Å². The van der Waals surface area contributed by atoms with Gasteiger partial charge in [-0.25, -0.2) is 0 Å². The minimum Gasteiger partial charge on any atom is -0.480 e. The number of carboxylic acids is 1. The van der Waals surface area contributed by atoms with Crippen molar-refractivity contribution >= 4 is 5.97 Å². The van der Waals surface area contributed by atoms with E-state index < -0.39 is 5.97 Å². The molecule has 0 spiro atoms. The van der Waals surface area contributed by atoms with Crippen molar-refractivity contribution < 1.29 is 9.90 Å². The van der Waals surface area contributed by atoms with E-state index in [0.29, 0.717) is 11.8 Å². The maximum atomic E-state index is 11.2. The summed E-state index contributed by atoms with van der Waals surface area (Å²) >= 11 is 0. The molecule has 0 aromatic carbocycles. The number of carboxylic acid groups (broad SMARTS) is 1. The van der Waals surface area contributed by atoms with Crippen molar-refractivity contribution in [2.75, 3.05) is 13.1 Å². The van der Waals surface area contributed by atoms with Crippen molar-refractivity contribution in [3.63, 3.8) is 0 Å². The van der Waals surface area contributed by atoms with Crippen LogP contribution in [-0.2, 0) is 4.79 Å². The van der Waals surface area contributed by atoms with Crippen molar-refractivity contribution in [1.29, 1.82) is 0 Å². The molecule has 0 amide bonds. The molecule has 1 aliphatic rings. The lowest BCUT2D eigenvalue weighted by Gasteiger charge is -2.39. The molecule has 0 unspecified atom stereocenters. The van der Waals surface area contributed by atoms with Crippen LogP contribution >= 0.6 is 0 Å². The predicted octanol–water partition coefficient (Wildman–Crippen LogP) is 2.07. The smallest absolute Gasteiger partial charge is 0.321 e. The summed E-state index contributed by atoms with van der Waals surface area (Å²) in [5, 5.41) is 9.23. The van der Waals surface area contributed by atoms with Crippen LogP contribution in [0.3, 0.4) is 0 Å². The average Bonchev–Trinajstić information content (AvgIpc) is 1.99. The molecule has 3 nitrogen and oxygen atoms in total. The molecule has 0 radical (unpaired) electrons. The normalized spacial score (nSPS) is 30.5. The van der Waals surface area contributed by atoms with Gasteiger partial charge in [-0.3, -0.25) is 9.69 Å². The average molecular weight is 213 g/mol. The Morgan fingerprint density at radius 2 is 1.73 bits per heavy atom. The first-order valence-electron chi connectivity index (χ1n) is 5.88. The van der Waals surface area contributed by atoms with Crippen molar-refractivity contribution in [3.05, 3.63) is 0 Å². The molecule has 1 heterocycles. The lowest BCUT2D eigenvalue weighted by atomic mass is 9.89. The Hall–Kier alpha value is -0.570. The van der Waals surface area contributed by atoms with E-state index in [1.807, 2.05) is 13.8 Å². The minimum absolute atomic E-state index is 0.181. The first kappa shape index (κ1) is 12.5. The summed E-state index contributed by atoms with van der Waals surface area (Å²) in [6.45, 7) is 10.3. The van der Waals surface area contributed by atoms with E-state index in [-0.39, 0.29) is 12.0 Å². The van der Waals surface area contributed by atoms with E-state index in [9.17, 15) is 9.90 Å². The topological polar surface area (TPSA) is 40.5 Å². The van der Waals surface area contributed by atoms with Crippen LogP contribution < -0.4 is 0 Å². The zero-order valence-corrected chi connectivity index (χ0v) is 10.2. The van der Waals surface area contributed by atoms with Gasteiger partial charge in [0.2, 0.25) is 0 Å². The standard InChI is InChI=1S/C12H23NO2/c1-8(2)11(12(14)15)13-6-9(3)5-10(4)7-13/h8-11H,5-7H2,1-4H3,(H,14,15)/t9-,10-,11-/m1/s1. The van der Waals surface area contributed by atoms with Gasteiger partial charge in [0, 0.05) is 13.1 Å². The van der Waals surface area contributed by atoms with Crippen LogP contribution in [0.2, 0.25) is 0 Å². The molecule has 1 aliphatic heterocycles. The highest BCUT2D eigenvalue weighted by Crippen LogP contribution is 2.25. The van der Waals surface area contributed by atoms with Gasteiger partial charge in [0.25, 0.3) is 0 Å². The number of aliphatic carboxylic acids is 1. The number of hydrogen-bond acceptors (Lipinski definition) is 2. The number of nitrogens with zero attached hydrogens (tertiary/aromatic N) is 1. The Kier molecular flexibility index (Phi) is 4.14. The van der Waals surface area contributed by atoms with E-state index in [0.717, 1.165) is 13.1 Å². The number of likely N-dealkylation sites (tertiary alicyclic amines) is 1. The largest absolute Gasteiger partial charge is 0.480 e. The number of carbonyl (C=O) groups is 1. The molecule has 3 heteroatoms. The summed E-state index contributed by atoms with van der Waals surface area (Å²) in [6.07, 6.45) is 1.22. The fraction of sp³-hybridized carbons (Fsp3) is 0.917. The predicted molar refractivity (Wildman–Crippen MR) is 60.8 cm³/mol. The van der Waals surface area contributed by atoms with Crippen LogP contribution in [0.5, 0.6) is 0 Å². The monoisotopic (exact) mass is 213 g/mol. The zero-order valence-electron chi connectivity index (χ0n) is 10.2. The fourth-order valence-electron chi connectivity index (χ4n) is 2.80. The summed E-state index contributed by atoms with van der Waals surface area (Å²) in [5.41, 5.74) is 0. The first-order valence-corrected chi connectivity index (χ1v) is 5.88. The Bertz CT molecular complexity index is 218. The fourth-order valence-corrected chi connectivity index (χ4v) is 2.80. The molecule has 0 saturated carbocycles. The van der Waals surface area contributed by atoms with Gasteiger partial charge >= 0.3 is 5.97 Å². The molecule has 88 valence electrons. The second-order valence-electron chi connectivity index (χ2n) is 5.43. The lowest BCUT2D eigenvalue weighted by molar-refractivity contribution is -0.146. The van der Waals surface area contributed by atoms with Gasteiger partial charge in [-0.1, -0.05) is 27.7 Å². The highest BCUT2D eigenvalue weighted by atomic mass is 16.4. The second kappa shape index (κ2) is 4.97. The van der Waals surface area contributed by atoms with Crippen molar-refractivity contribution in [3.8, 4) is 0 Å². The van der Waals surface area contributed by atoms with Gasteiger partial charge in [0.1, 0.15) is 6.04 Å². The maximum Gasteiger partial charge on any atom is 0.321 e.